The molecule has 2 amide bonds. The minimum atomic E-state index is -0.331. The Labute approximate surface area is 149 Å². The van der Waals surface area contributed by atoms with Crippen LogP contribution in [-0.2, 0) is 9.59 Å². The van der Waals surface area contributed by atoms with Crippen LogP contribution in [0.25, 0.3) is 0 Å². The van der Waals surface area contributed by atoms with Crippen LogP contribution in [0.3, 0.4) is 0 Å². The number of carbonyl (C=O) groups is 2. The summed E-state index contributed by atoms with van der Waals surface area (Å²) in [6.45, 7) is 5.24. The highest BCUT2D eigenvalue weighted by molar-refractivity contribution is 6.01. The SMILES string of the molecule is CCN1CCCC1C1CCCN1C(=O)C1CC(=O)Nc2ccccc21. The quantitative estimate of drug-likeness (QED) is 0.919. The average Bonchev–Trinajstić information content (AvgIpc) is 3.28. The first-order chi connectivity index (χ1) is 12.2. The summed E-state index contributed by atoms with van der Waals surface area (Å²) in [7, 11) is 0. The molecule has 0 aromatic heterocycles. The van der Waals surface area contributed by atoms with E-state index in [4.69, 9.17) is 0 Å². The fraction of sp³-hybridized carbons (Fsp3) is 0.600. The number of amides is 2. The predicted octanol–water partition coefficient (Wildman–Crippen LogP) is 2.59. The molecule has 0 radical (unpaired) electrons. The van der Waals surface area contributed by atoms with E-state index in [2.05, 4.69) is 22.0 Å². The molecule has 134 valence electrons. The number of hydrogen-bond donors (Lipinski definition) is 1. The van der Waals surface area contributed by atoms with Crippen LogP contribution in [-0.4, -0.2) is 53.3 Å². The number of likely N-dealkylation sites (tertiary alicyclic amines) is 2. The van der Waals surface area contributed by atoms with Crippen molar-refractivity contribution in [2.24, 2.45) is 0 Å². The molecule has 2 fully saturated rings. The van der Waals surface area contributed by atoms with Crippen molar-refractivity contribution in [3.05, 3.63) is 29.8 Å². The first kappa shape index (κ1) is 16.6. The first-order valence-corrected chi connectivity index (χ1v) is 9.62. The summed E-state index contributed by atoms with van der Waals surface area (Å²) in [5.41, 5.74) is 1.76. The van der Waals surface area contributed by atoms with E-state index in [9.17, 15) is 9.59 Å². The number of fused-ring (bicyclic) bond motifs is 1. The molecule has 0 bridgehead atoms. The minimum Gasteiger partial charge on any atom is -0.338 e. The van der Waals surface area contributed by atoms with Gasteiger partial charge in [-0.3, -0.25) is 14.5 Å². The Hall–Kier alpha value is -1.88. The second-order valence-electron chi connectivity index (χ2n) is 7.47. The van der Waals surface area contributed by atoms with Crippen molar-refractivity contribution in [2.45, 2.75) is 57.0 Å². The Kier molecular flexibility index (Phi) is 4.50. The van der Waals surface area contributed by atoms with Gasteiger partial charge >= 0.3 is 0 Å². The molecule has 0 saturated carbocycles. The summed E-state index contributed by atoms with van der Waals surface area (Å²) in [6.07, 6.45) is 4.84. The molecule has 1 N–H and O–H groups in total. The van der Waals surface area contributed by atoms with Crippen LogP contribution in [0.5, 0.6) is 0 Å². The van der Waals surface area contributed by atoms with E-state index < -0.39 is 0 Å². The van der Waals surface area contributed by atoms with Crippen molar-refractivity contribution in [3.63, 3.8) is 0 Å². The molecular formula is C20H27N3O2. The van der Waals surface area contributed by atoms with Crippen molar-refractivity contribution >= 4 is 17.5 Å². The van der Waals surface area contributed by atoms with Gasteiger partial charge in [0.15, 0.2) is 0 Å². The largest absolute Gasteiger partial charge is 0.338 e. The maximum Gasteiger partial charge on any atom is 0.231 e. The Morgan fingerprint density at radius 1 is 1.16 bits per heavy atom. The molecule has 25 heavy (non-hydrogen) atoms. The highest BCUT2D eigenvalue weighted by atomic mass is 16.2. The third-order valence-corrected chi connectivity index (χ3v) is 6.14. The lowest BCUT2D eigenvalue weighted by atomic mass is 9.88. The number of nitrogens with one attached hydrogen (secondary N) is 1. The van der Waals surface area contributed by atoms with Gasteiger partial charge in [-0.05, 0) is 50.4 Å². The van der Waals surface area contributed by atoms with Gasteiger partial charge in [-0.1, -0.05) is 25.1 Å². The van der Waals surface area contributed by atoms with Gasteiger partial charge in [0.1, 0.15) is 0 Å². The zero-order valence-electron chi connectivity index (χ0n) is 14.9. The lowest BCUT2D eigenvalue weighted by molar-refractivity contribution is -0.136. The van der Waals surface area contributed by atoms with Gasteiger partial charge in [0.2, 0.25) is 11.8 Å². The number of anilines is 1. The first-order valence-electron chi connectivity index (χ1n) is 9.62. The molecule has 4 rings (SSSR count). The van der Waals surface area contributed by atoms with Gasteiger partial charge in [-0.2, -0.15) is 0 Å². The topological polar surface area (TPSA) is 52.7 Å². The normalized spacial score (nSPS) is 29.6. The van der Waals surface area contributed by atoms with Crippen LogP contribution in [0.15, 0.2) is 24.3 Å². The van der Waals surface area contributed by atoms with Gasteiger partial charge in [0.25, 0.3) is 0 Å². The van der Waals surface area contributed by atoms with E-state index in [0.29, 0.717) is 12.1 Å². The van der Waals surface area contributed by atoms with Crippen LogP contribution in [0, 0.1) is 0 Å². The summed E-state index contributed by atoms with van der Waals surface area (Å²) in [5, 5.41) is 2.90. The molecule has 1 aromatic rings. The van der Waals surface area contributed by atoms with E-state index >= 15 is 0 Å². The fourth-order valence-electron chi connectivity index (χ4n) is 4.98. The molecule has 3 aliphatic heterocycles. The molecule has 1 aromatic carbocycles. The van der Waals surface area contributed by atoms with Gasteiger partial charge in [0, 0.05) is 30.7 Å². The molecule has 3 unspecified atom stereocenters. The fourth-order valence-corrected chi connectivity index (χ4v) is 4.98. The van der Waals surface area contributed by atoms with Crippen LogP contribution >= 0.6 is 0 Å². The zero-order valence-corrected chi connectivity index (χ0v) is 14.9. The molecule has 0 aliphatic carbocycles. The Morgan fingerprint density at radius 3 is 2.76 bits per heavy atom. The van der Waals surface area contributed by atoms with E-state index in [-0.39, 0.29) is 24.2 Å². The van der Waals surface area contributed by atoms with Crippen molar-refractivity contribution in [2.75, 3.05) is 25.0 Å². The lowest BCUT2D eigenvalue weighted by Gasteiger charge is -2.37. The van der Waals surface area contributed by atoms with Gasteiger partial charge in [0.05, 0.1) is 5.92 Å². The minimum absolute atomic E-state index is 0.0520. The molecule has 5 nitrogen and oxygen atoms in total. The Morgan fingerprint density at radius 2 is 1.92 bits per heavy atom. The Bertz CT molecular complexity index is 675. The average molecular weight is 341 g/mol. The number of carbonyl (C=O) groups excluding carboxylic acids is 2. The molecule has 2 saturated heterocycles. The third-order valence-electron chi connectivity index (χ3n) is 6.14. The van der Waals surface area contributed by atoms with E-state index in [1.807, 2.05) is 24.3 Å². The second kappa shape index (κ2) is 6.79. The predicted molar refractivity (Wildman–Crippen MR) is 97.4 cm³/mol. The van der Waals surface area contributed by atoms with Crippen molar-refractivity contribution in [3.8, 4) is 0 Å². The maximum atomic E-state index is 13.4. The third kappa shape index (κ3) is 2.95. The van der Waals surface area contributed by atoms with E-state index in [0.717, 1.165) is 43.7 Å². The number of hydrogen-bond acceptors (Lipinski definition) is 3. The zero-order chi connectivity index (χ0) is 17.4. The molecule has 5 heteroatoms. The smallest absolute Gasteiger partial charge is 0.231 e. The van der Waals surface area contributed by atoms with E-state index in [1.165, 1.54) is 12.8 Å². The Balaban J connectivity index is 1.59. The van der Waals surface area contributed by atoms with Crippen molar-refractivity contribution in [1.82, 2.24) is 9.80 Å². The lowest BCUT2D eigenvalue weighted by Crippen LogP contribution is -2.50. The van der Waals surface area contributed by atoms with Gasteiger partial charge in [-0.15, -0.1) is 0 Å². The van der Waals surface area contributed by atoms with Gasteiger partial charge in [-0.25, -0.2) is 0 Å². The second-order valence-corrected chi connectivity index (χ2v) is 7.47. The summed E-state index contributed by atoms with van der Waals surface area (Å²) >= 11 is 0. The standard InChI is InChI=1S/C20H27N3O2/c1-2-22-11-5-9-17(22)18-10-6-12-23(18)20(25)15-13-19(24)21-16-8-4-3-7-14(15)16/h3-4,7-8,15,17-18H,2,5-6,9-13H2,1H3,(H,21,24). The van der Waals surface area contributed by atoms with Crippen molar-refractivity contribution in [1.29, 1.82) is 0 Å². The molecular weight excluding hydrogens is 314 g/mol. The molecule has 3 heterocycles. The number of benzene rings is 1. The van der Waals surface area contributed by atoms with Crippen LogP contribution in [0.2, 0.25) is 0 Å². The van der Waals surface area contributed by atoms with Gasteiger partial charge < -0.3 is 10.2 Å². The van der Waals surface area contributed by atoms with Crippen LogP contribution < -0.4 is 5.32 Å². The number of nitrogens with zero attached hydrogens (tertiary/aromatic N) is 2. The summed E-state index contributed by atoms with van der Waals surface area (Å²) < 4.78 is 0. The number of para-hydroxylation sites is 1. The summed E-state index contributed by atoms with van der Waals surface area (Å²) in [6, 6.07) is 8.53. The summed E-state index contributed by atoms with van der Waals surface area (Å²) in [5.74, 6) is -0.237. The molecule has 0 spiro atoms. The highest BCUT2D eigenvalue weighted by Crippen LogP contribution is 2.37. The highest BCUT2D eigenvalue weighted by Gasteiger charge is 2.42. The maximum absolute atomic E-state index is 13.4. The monoisotopic (exact) mass is 341 g/mol. The van der Waals surface area contributed by atoms with Crippen LogP contribution in [0.4, 0.5) is 5.69 Å². The molecule has 3 aliphatic rings. The summed E-state index contributed by atoms with van der Waals surface area (Å²) in [4.78, 5) is 30.1. The molecule has 3 atom stereocenters. The van der Waals surface area contributed by atoms with E-state index in [1.54, 1.807) is 0 Å². The number of likely N-dealkylation sites (N-methyl/N-ethyl adjacent to an activating group) is 1. The number of rotatable bonds is 3. The van der Waals surface area contributed by atoms with Crippen LogP contribution in [0.1, 0.15) is 50.5 Å². The van der Waals surface area contributed by atoms with Crippen molar-refractivity contribution < 1.29 is 9.59 Å².